The molecule has 0 spiro atoms. The summed E-state index contributed by atoms with van der Waals surface area (Å²) in [7, 11) is 0. The molecular weight excluding hydrogens is 396 g/mol. The molecular formula is C19H22N4O5S. The summed E-state index contributed by atoms with van der Waals surface area (Å²) in [6, 6.07) is -0.706. The second-order valence-corrected chi connectivity index (χ2v) is 7.65. The third kappa shape index (κ3) is 4.53. The average molecular weight is 418 g/mol. The van der Waals surface area contributed by atoms with E-state index < -0.39 is 24.5 Å². The second-order valence-electron chi connectivity index (χ2n) is 6.65. The van der Waals surface area contributed by atoms with E-state index in [1.165, 1.54) is 6.08 Å². The van der Waals surface area contributed by atoms with Crippen LogP contribution in [0.15, 0.2) is 17.4 Å². The van der Waals surface area contributed by atoms with Crippen molar-refractivity contribution in [1.82, 2.24) is 20.2 Å². The van der Waals surface area contributed by atoms with Gasteiger partial charge in [-0.05, 0) is 25.3 Å². The molecule has 2 N–H and O–H groups in total. The highest BCUT2D eigenvalue weighted by molar-refractivity contribution is 7.20. The van der Waals surface area contributed by atoms with E-state index in [2.05, 4.69) is 16.9 Å². The summed E-state index contributed by atoms with van der Waals surface area (Å²) in [5.74, 6) is -0.749. The molecule has 0 fully saturated rings. The van der Waals surface area contributed by atoms with Gasteiger partial charge in [0.05, 0.1) is 5.39 Å². The first-order valence-electron chi connectivity index (χ1n) is 9.31. The van der Waals surface area contributed by atoms with E-state index >= 15 is 0 Å². The lowest BCUT2D eigenvalue weighted by Crippen LogP contribution is -2.41. The zero-order valence-electron chi connectivity index (χ0n) is 16.1. The van der Waals surface area contributed by atoms with E-state index in [1.807, 2.05) is 5.32 Å². The number of imide groups is 1. The number of aryl methyl sites for hydroxylation is 2. The molecule has 9 nitrogen and oxygen atoms in total. The first-order valence-corrected chi connectivity index (χ1v) is 10.1. The Morgan fingerprint density at radius 1 is 1.31 bits per heavy atom. The number of urea groups is 1. The van der Waals surface area contributed by atoms with Crippen molar-refractivity contribution >= 4 is 39.5 Å². The number of esters is 1. The molecule has 2 aromatic heterocycles. The molecule has 1 aliphatic heterocycles. The number of thiophene rings is 1. The lowest BCUT2D eigenvalue weighted by Gasteiger charge is -2.08. The number of ether oxygens (including phenoxy) is 1. The number of hydrogen-bond donors (Lipinski definition) is 2. The van der Waals surface area contributed by atoms with Crippen molar-refractivity contribution in [1.29, 1.82) is 0 Å². The number of carbonyl (C=O) groups excluding carboxylic acids is 3. The quantitative estimate of drug-likeness (QED) is 0.563. The van der Waals surface area contributed by atoms with Crippen LogP contribution in [-0.2, 0) is 22.5 Å². The molecule has 1 aliphatic rings. The molecule has 10 heteroatoms. The molecule has 0 radical (unpaired) electrons. The van der Waals surface area contributed by atoms with Crippen molar-refractivity contribution in [2.75, 3.05) is 13.2 Å². The van der Waals surface area contributed by atoms with Crippen LogP contribution in [0.1, 0.15) is 40.3 Å². The molecule has 0 bridgehead atoms. The molecule has 2 aromatic rings. The minimum absolute atomic E-state index is 0.142. The predicted molar refractivity (Wildman–Crippen MR) is 108 cm³/mol. The number of fused-ring (bicyclic) bond motifs is 2. The summed E-state index contributed by atoms with van der Waals surface area (Å²) < 4.78 is 6.71. The SMILES string of the molecule is C=CCNC(=O)NC(=O)COC(=O)c1sc2nc3n(c(=O)c2c1C)CCCCC3. The van der Waals surface area contributed by atoms with E-state index in [4.69, 9.17) is 4.74 Å². The highest BCUT2D eigenvalue weighted by Crippen LogP contribution is 2.28. The third-order valence-electron chi connectivity index (χ3n) is 4.59. The van der Waals surface area contributed by atoms with Crippen LogP contribution in [0.3, 0.4) is 0 Å². The highest BCUT2D eigenvalue weighted by Gasteiger charge is 2.23. The molecule has 0 aliphatic carbocycles. The van der Waals surface area contributed by atoms with Gasteiger partial charge in [-0.2, -0.15) is 0 Å². The fourth-order valence-electron chi connectivity index (χ4n) is 3.17. The van der Waals surface area contributed by atoms with E-state index in [-0.39, 0.29) is 17.0 Å². The Kier molecular flexibility index (Phi) is 6.42. The van der Waals surface area contributed by atoms with E-state index in [9.17, 15) is 19.2 Å². The van der Waals surface area contributed by atoms with Crippen molar-refractivity contribution in [2.24, 2.45) is 0 Å². The van der Waals surface area contributed by atoms with Crippen molar-refractivity contribution in [3.05, 3.63) is 39.3 Å². The number of hydrogen-bond acceptors (Lipinski definition) is 7. The Hall–Kier alpha value is -3.01. The number of rotatable bonds is 5. The summed E-state index contributed by atoms with van der Waals surface area (Å²) in [4.78, 5) is 53.8. The second kappa shape index (κ2) is 8.99. The fourth-order valence-corrected chi connectivity index (χ4v) is 4.26. The number of amides is 3. The highest BCUT2D eigenvalue weighted by atomic mass is 32.1. The van der Waals surface area contributed by atoms with Crippen LogP contribution in [0.5, 0.6) is 0 Å². The molecule has 0 unspecified atom stereocenters. The van der Waals surface area contributed by atoms with Crippen LogP contribution in [0.2, 0.25) is 0 Å². The van der Waals surface area contributed by atoms with Crippen molar-refractivity contribution in [3.63, 3.8) is 0 Å². The van der Waals surface area contributed by atoms with Gasteiger partial charge >= 0.3 is 12.0 Å². The molecule has 0 atom stereocenters. The lowest BCUT2D eigenvalue weighted by molar-refractivity contribution is -0.123. The Bertz CT molecular complexity index is 1040. The van der Waals surface area contributed by atoms with Crippen molar-refractivity contribution < 1.29 is 19.1 Å². The Morgan fingerprint density at radius 3 is 2.86 bits per heavy atom. The predicted octanol–water partition coefficient (Wildman–Crippen LogP) is 1.66. The van der Waals surface area contributed by atoms with Gasteiger partial charge in [0.2, 0.25) is 0 Å². The van der Waals surface area contributed by atoms with Gasteiger partial charge in [-0.3, -0.25) is 19.5 Å². The molecule has 3 amide bonds. The molecule has 0 saturated heterocycles. The van der Waals surface area contributed by atoms with E-state index in [1.54, 1.807) is 11.5 Å². The first-order chi connectivity index (χ1) is 13.9. The maximum Gasteiger partial charge on any atom is 0.349 e. The minimum atomic E-state index is -0.761. The first kappa shape index (κ1) is 20.7. The normalized spacial score (nSPS) is 13.3. The zero-order valence-corrected chi connectivity index (χ0v) is 16.9. The number of nitrogens with one attached hydrogen (secondary N) is 2. The van der Waals surface area contributed by atoms with Gasteiger partial charge in [-0.15, -0.1) is 17.9 Å². The molecule has 0 saturated carbocycles. The fraction of sp³-hybridized carbons (Fsp3) is 0.421. The third-order valence-corrected chi connectivity index (χ3v) is 5.76. The van der Waals surface area contributed by atoms with Crippen LogP contribution in [0.25, 0.3) is 10.2 Å². The van der Waals surface area contributed by atoms with E-state index in [0.717, 1.165) is 42.8 Å². The summed E-state index contributed by atoms with van der Waals surface area (Å²) in [5, 5.41) is 4.83. The molecule has 3 heterocycles. The number of nitrogens with zero attached hydrogens (tertiary/aromatic N) is 2. The molecule has 29 heavy (non-hydrogen) atoms. The maximum atomic E-state index is 12.9. The van der Waals surface area contributed by atoms with Gasteiger partial charge in [0.15, 0.2) is 6.61 Å². The van der Waals surface area contributed by atoms with Gasteiger partial charge < -0.3 is 10.1 Å². The van der Waals surface area contributed by atoms with Crippen LogP contribution in [0.4, 0.5) is 4.79 Å². The summed E-state index contributed by atoms with van der Waals surface area (Å²) >= 11 is 1.08. The number of carbonyl (C=O) groups is 3. The summed E-state index contributed by atoms with van der Waals surface area (Å²) in [5.41, 5.74) is 0.354. The Morgan fingerprint density at radius 2 is 2.10 bits per heavy atom. The Labute approximate surface area is 170 Å². The van der Waals surface area contributed by atoms with Gasteiger partial charge in [-0.1, -0.05) is 12.5 Å². The van der Waals surface area contributed by atoms with Gasteiger partial charge in [0.25, 0.3) is 11.5 Å². The van der Waals surface area contributed by atoms with Gasteiger partial charge in [-0.25, -0.2) is 14.6 Å². The topological polar surface area (TPSA) is 119 Å². The van der Waals surface area contributed by atoms with Crippen LogP contribution >= 0.6 is 11.3 Å². The van der Waals surface area contributed by atoms with Crippen molar-refractivity contribution in [3.8, 4) is 0 Å². The van der Waals surface area contributed by atoms with Crippen LogP contribution in [0, 0.1) is 6.92 Å². The molecule has 3 rings (SSSR count). The van der Waals surface area contributed by atoms with Crippen LogP contribution < -0.4 is 16.2 Å². The monoisotopic (exact) mass is 418 g/mol. The van der Waals surface area contributed by atoms with Crippen molar-refractivity contribution in [2.45, 2.75) is 39.2 Å². The standard InChI is InChI=1S/C19H22N4O5S/c1-3-8-20-19(27)22-13(24)10-28-18(26)15-11(2)14-16(29-15)21-12-7-5-4-6-9-23(12)17(14)25/h3H,1,4-10H2,2H3,(H2,20,22,24,27). The number of aromatic nitrogens is 2. The molecule has 154 valence electrons. The largest absolute Gasteiger partial charge is 0.451 e. The minimum Gasteiger partial charge on any atom is -0.451 e. The smallest absolute Gasteiger partial charge is 0.349 e. The lowest BCUT2D eigenvalue weighted by atomic mass is 10.2. The Balaban J connectivity index is 1.75. The average Bonchev–Trinajstić information content (AvgIpc) is 2.86. The zero-order chi connectivity index (χ0) is 21.0. The van der Waals surface area contributed by atoms with Gasteiger partial charge in [0.1, 0.15) is 15.5 Å². The summed E-state index contributed by atoms with van der Waals surface area (Å²) in [6.07, 6.45) is 5.15. The molecule has 0 aromatic carbocycles. The van der Waals surface area contributed by atoms with Gasteiger partial charge in [0, 0.05) is 19.5 Å². The summed E-state index contributed by atoms with van der Waals surface area (Å²) in [6.45, 7) is 5.33. The van der Waals surface area contributed by atoms with Crippen LogP contribution in [-0.4, -0.2) is 40.6 Å². The maximum absolute atomic E-state index is 12.9. The van der Waals surface area contributed by atoms with E-state index in [0.29, 0.717) is 22.3 Å².